The molecule has 3 rings (SSSR count). The number of carbonyl (C=O) groups is 3. The molecule has 0 aromatic heterocycles. The molecule has 2 aromatic rings. The molecule has 9 heteroatoms. The summed E-state index contributed by atoms with van der Waals surface area (Å²) in [7, 11) is -2.35. The predicted octanol–water partition coefficient (Wildman–Crippen LogP) is 1.46. The van der Waals surface area contributed by atoms with Gasteiger partial charge in [-0.2, -0.15) is 0 Å². The number of imide groups is 1. The number of hydrogen-bond acceptors (Lipinski definition) is 5. The van der Waals surface area contributed by atoms with Crippen molar-refractivity contribution in [3.8, 4) is 0 Å². The summed E-state index contributed by atoms with van der Waals surface area (Å²) >= 11 is 0. The molecule has 0 spiro atoms. The molecule has 152 valence electrons. The molecule has 0 radical (unpaired) electrons. The second-order valence-electron chi connectivity index (χ2n) is 6.67. The lowest BCUT2D eigenvalue weighted by atomic mass is 9.98. The number of hydrogen-bond donors (Lipinski definition) is 2. The minimum atomic E-state index is -3.66. The van der Waals surface area contributed by atoms with Gasteiger partial charge in [0.1, 0.15) is 0 Å². The molecule has 2 N–H and O–H groups in total. The molecule has 0 bridgehead atoms. The average molecular weight is 415 g/mol. The van der Waals surface area contributed by atoms with Gasteiger partial charge in [-0.15, -0.1) is 0 Å². The molecule has 0 saturated carbocycles. The minimum absolute atomic E-state index is 0.0502. The smallest absolute Gasteiger partial charge is 0.260 e. The Morgan fingerprint density at radius 3 is 2.59 bits per heavy atom. The van der Waals surface area contributed by atoms with Crippen LogP contribution in [0.4, 0.5) is 5.69 Å². The topological polar surface area (TPSA) is 113 Å². The highest BCUT2D eigenvalue weighted by Gasteiger charge is 2.30. The average Bonchev–Trinajstić information content (AvgIpc) is 2.69. The van der Waals surface area contributed by atoms with Crippen molar-refractivity contribution in [2.45, 2.75) is 24.7 Å². The maximum absolute atomic E-state index is 12.5. The lowest BCUT2D eigenvalue weighted by Crippen LogP contribution is -2.43. The standard InChI is InChI=1S/C20H21N3O5S/c1-13-7-8-15(12-17(13)29(27,28)21-2)22-18(24)9-10-23-19(25)11-14-5-3-4-6-16(14)20(23)26/h3-8,12,21H,9-11H2,1-2H3,(H,22,24). The second kappa shape index (κ2) is 8.14. The number of sulfonamides is 1. The van der Waals surface area contributed by atoms with E-state index >= 15 is 0 Å². The van der Waals surface area contributed by atoms with E-state index < -0.39 is 21.8 Å². The van der Waals surface area contributed by atoms with Gasteiger partial charge in [-0.05, 0) is 43.3 Å². The first-order valence-electron chi connectivity index (χ1n) is 8.99. The van der Waals surface area contributed by atoms with E-state index in [4.69, 9.17) is 0 Å². The number of fused-ring (bicyclic) bond motifs is 1. The van der Waals surface area contributed by atoms with Gasteiger partial charge < -0.3 is 5.32 Å². The zero-order valence-electron chi connectivity index (χ0n) is 16.1. The summed E-state index contributed by atoms with van der Waals surface area (Å²) in [5, 5.41) is 2.61. The molecule has 0 aliphatic carbocycles. The molecule has 0 saturated heterocycles. The zero-order valence-corrected chi connectivity index (χ0v) is 16.9. The van der Waals surface area contributed by atoms with Crippen molar-refractivity contribution in [2.75, 3.05) is 18.9 Å². The molecule has 29 heavy (non-hydrogen) atoms. The number of benzene rings is 2. The van der Waals surface area contributed by atoms with Crippen LogP contribution >= 0.6 is 0 Å². The molecular weight excluding hydrogens is 394 g/mol. The quantitative estimate of drug-likeness (QED) is 0.694. The Balaban J connectivity index is 1.67. The van der Waals surface area contributed by atoms with Gasteiger partial charge >= 0.3 is 0 Å². The molecule has 0 fully saturated rings. The molecule has 1 heterocycles. The van der Waals surface area contributed by atoms with Gasteiger partial charge in [-0.25, -0.2) is 13.1 Å². The Hall–Kier alpha value is -3.04. The second-order valence-corrected chi connectivity index (χ2v) is 8.53. The van der Waals surface area contributed by atoms with Gasteiger partial charge in [0.15, 0.2) is 0 Å². The lowest BCUT2D eigenvalue weighted by Gasteiger charge is -2.26. The van der Waals surface area contributed by atoms with Crippen LogP contribution in [0.2, 0.25) is 0 Å². The summed E-state index contributed by atoms with van der Waals surface area (Å²) in [6, 6.07) is 11.4. The largest absolute Gasteiger partial charge is 0.326 e. The Morgan fingerprint density at radius 2 is 1.86 bits per heavy atom. The normalized spacial score (nSPS) is 13.9. The summed E-state index contributed by atoms with van der Waals surface area (Å²) in [6.45, 7) is 1.60. The molecular formula is C20H21N3O5S. The number of aryl methyl sites for hydroxylation is 1. The van der Waals surface area contributed by atoms with Crippen LogP contribution in [-0.4, -0.2) is 44.6 Å². The van der Waals surface area contributed by atoms with E-state index in [0.717, 1.165) is 4.90 Å². The fourth-order valence-corrected chi connectivity index (χ4v) is 4.13. The van der Waals surface area contributed by atoms with E-state index in [0.29, 0.717) is 22.4 Å². The van der Waals surface area contributed by atoms with Gasteiger partial charge in [-0.1, -0.05) is 24.3 Å². The van der Waals surface area contributed by atoms with E-state index in [1.807, 2.05) is 0 Å². The van der Waals surface area contributed by atoms with Crippen molar-refractivity contribution in [3.63, 3.8) is 0 Å². The summed E-state index contributed by atoms with van der Waals surface area (Å²) in [5.41, 5.74) is 2.01. The first kappa shape index (κ1) is 20.7. The van der Waals surface area contributed by atoms with E-state index in [-0.39, 0.29) is 30.2 Å². The van der Waals surface area contributed by atoms with E-state index in [9.17, 15) is 22.8 Å². The number of anilines is 1. The van der Waals surface area contributed by atoms with Gasteiger partial charge in [0, 0.05) is 24.2 Å². The zero-order chi connectivity index (χ0) is 21.2. The van der Waals surface area contributed by atoms with Crippen LogP contribution in [0, 0.1) is 6.92 Å². The Morgan fingerprint density at radius 1 is 1.14 bits per heavy atom. The Labute approximate surface area is 169 Å². The van der Waals surface area contributed by atoms with Gasteiger partial charge in [-0.3, -0.25) is 19.3 Å². The summed E-state index contributed by atoms with van der Waals surface area (Å²) in [4.78, 5) is 38.2. The molecule has 0 unspecified atom stereocenters. The molecule has 1 aliphatic heterocycles. The van der Waals surface area contributed by atoms with Crippen LogP contribution in [-0.2, 0) is 26.0 Å². The monoisotopic (exact) mass is 415 g/mol. The number of nitrogens with zero attached hydrogens (tertiary/aromatic N) is 1. The van der Waals surface area contributed by atoms with E-state index in [1.165, 1.54) is 13.1 Å². The highest BCUT2D eigenvalue weighted by atomic mass is 32.2. The van der Waals surface area contributed by atoms with Crippen molar-refractivity contribution < 1.29 is 22.8 Å². The molecule has 3 amide bonds. The van der Waals surface area contributed by atoms with Crippen LogP contribution in [0.15, 0.2) is 47.4 Å². The van der Waals surface area contributed by atoms with E-state index in [1.54, 1.807) is 43.3 Å². The first-order chi connectivity index (χ1) is 13.7. The molecule has 8 nitrogen and oxygen atoms in total. The highest BCUT2D eigenvalue weighted by Crippen LogP contribution is 2.21. The van der Waals surface area contributed by atoms with Crippen LogP contribution in [0.1, 0.15) is 27.9 Å². The highest BCUT2D eigenvalue weighted by molar-refractivity contribution is 7.89. The summed E-state index contributed by atoms with van der Waals surface area (Å²) in [6.07, 6.45) is 0.0222. The van der Waals surface area contributed by atoms with Crippen LogP contribution in [0.3, 0.4) is 0 Å². The van der Waals surface area contributed by atoms with Gasteiger partial charge in [0.25, 0.3) is 5.91 Å². The number of rotatable bonds is 6. The maximum Gasteiger partial charge on any atom is 0.260 e. The third-order valence-electron chi connectivity index (χ3n) is 4.73. The van der Waals surface area contributed by atoms with Crippen LogP contribution in [0.5, 0.6) is 0 Å². The third-order valence-corrected chi connectivity index (χ3v) is 6.28. The lowest BCUT2D eigenvalue weighted by molar-refractivity contribution is -0.128. The number of amides is 3. The fourth-order valence-electron chi connectivity index (χ4n) is 3.14. The Bertz CT molecular complexity index is 1100. The predicted molar refractivity (Wildman–Crippen MR) is 107 cm³/mol. The van der Waals surface area contributed by atoms with Crippen molar-refractivity contribution in [3.05, 3.63) is 59.2 Å². The van der Waals surface area contributed by atoms with Gasteiger partial charge in [0.2, 0.25) is 21.8 Å². The molecule has 1 aliphatic rings. The van der Waals surface area contributed by atoms with Crippen molar-refractivity contribution >= 4 is 33.4 Å². The summed E-state index contributed by atoms with van der Waals surface area (Å²) < 4.78 is 26.4. The maximum atomic E-state index is 12.5. The van der Waals surface area contributed by atoms with Crippen molar-refractivity contribution in [2.24, 2.45) is 0 Å². The third kappa shape index (κ3) is 4.36. The van der Waals surface area contributed by atoms with E-state index in [2.05, 4.69) is 10.0 Å². The number of carbonyl (C=O) groups excluding carboxylic acids is 3. The van der Waals surface area contributed by atoms with Crippen LogP contribution < -0.4 is 10.0 Å². The SMILES string of the molecule is CNS(=O)(=O)c1cc(NC(=O)CCN2C(=O)Cc3ccccc3C2=O)ccc1C. The number of nitrogens with one attached hydrogen (secondary N) is 2. The molecule has 0 atom stereocenters. The molecule has 2 aromatic carbocycles. The first-order valence-corrected chi connectivity index (χ1v) is 10.5. The van der Waals surface area contributed by atoms with Crippen molar-refractivity contribution in [1.29, 1.82) is 0 Å². The minimum Gasteiger partial charge on any atom is -0.326 e. The fraction of sp³-hybridized carbons (Fsp3) is 0.250. The van der Waals surface area contributed by atoms with Crippen molar-refractivity contribution in [1.82, 2.24) is 9.62 Å². The van der Waals surface area contributed by atoms with Crippen LogP contribution in [0.25, 0.3) is 0 Å². The summed E-state index contributed by atoms with van der Waals surface area (Å²) in [5.74, 6) is -1.19. The Kier molecular flexibility index (Phi) is 5.81. The van der Waals surface area contributed by atoms with Gasteiger partial charge in [0.05, 0.1) is 11.3 Å².